The van der Waals surface area contributed by atoms with Crippen LogP contribution in [0.3, 0.4) is 0 Å². The van der Waals surface area contributed by atoms with Crippen LogP contribution in [0.1, 0.15) is 23.6 Å². The standard InChI is InChI=1S/C12H12FN/c1-4-10-5-8(2)11(6-12(10)13)9(3)7-14/h5-6H,3-4H2,1-2H3. The molecule has 0 aliphatic heterocycles. The highest BCUT2D eigenvalue weighted by Crippen LogP contribution is 2.21. The van der Waals surface area contributed by atoms with Gasteiger partial charge in [-0.25, -0.2) is 4.39 Å². The Kier molecular flexibility index (Phi) is 3.03. The molecule has 1 rings (SSSR count). The molecule has 0 aliphatic carbocycles. The van der Waals surface area contributed by atoms with Crippen LogP contribution < -0.4 is 0 Å². The van der Waals surface area contributed by atoms with Crippen molar-refractivity contribution in [3.63, 3.8) is 0 Å². The lowest BCUT2D eigenvalue weighted by molar-refractivity contribution is 0.611. The topological polar surface area (TPSA) is 23.8 Å². The van der Waals surface area contributed by atoms with E-state index in [4.69, 9.17) is 5.26 Å². The van der Waals surface area contributed by atoms with Gasteiger partial charge in [0.1, 0.15) is 5.82 Å². The van der Waals surface area contributed by atoms with Crippen LogP contribution in [-0.2, 0) is 6.42 Å². The van der Waals surface area contributed by atoms with Gasteiger partial charge < -0.3 is 0 Å². The van der Waals surface area contributed by atoms with Crippen LogP contribution in [0.2, 0.25) is 0 Å². The summed E-state index contributed by atoms with van der Waals surface area (Å²) in [7, 11) is 0. The summed E-state index contributed by atoms with van der Waals surface area (Å²) < 4.78 is 13.4. The first-order chi connectivity index (χ1) is 6.60. The summed E-state index contributed by atoms with van der Waals surface area (Å²) in [4.78, 5) is 0. The van der Waals surface area contributed by atoms with Gasteiger partial charge in [-0.2, -0.15) is 5.26 Å². The maximum atomic E-state index is 13.4. The Balaban J connectivity index is 3.30. The second-order valence-electron chi connectivity index (χ2n) is 3.20. The molecule has 0 atom stereocenters. The monoisotopic (exact) mass is 189 g/mol. The summed E-state index contributed by atoms with van der Waals surface area (Å²) in [6.07, 6.45) is 0.659. The Morgan fingerprint density at radius 1 is 1.57 bits per heavy atom. The zero-order valence-electron chi connectivity index (χ0n) is 8.39. The number of nitriles is 1. The van der Waals surface area contributed by atoms with Gasteiger partial charge in [0.25, 0.3) is 0 Å². The number of aryl methyl sites for hydroxylation is 2. The van der Waals surface area contributed by atoms with E-state index in [0.717, 1.165) is 5.56 Å². The third-order valence-electron chi connectivity index (χ3n) is 2.23. The maximum absolute atomic E-state index is 13.4. The van der Waals surface area contributed by atoms with Crippen molar-refractivity contribution < 1.29 is 4.39 Å². The Morgan fingerprint density at radius 3 is 2.71 bits per heavy atom. The first kappa shape index (κ1) is 10.5. The van der Waals surface area contributed by atoms with Gasteiger partial charge in [-0.15, -0.1) is 0 Å². The van der Waals surface area contributed by atoms with Crippen molar-refractivity contribution in [2.24, 2.45) is 0 Å². The molecule has 0 spiro atoms. The van der Waals surface area contributed by atoms with Crippen molar-refractivity contribution >= 4 is 5.57 Å². The van der Waals surface area contributed by atoms with Crippen molar-refractivity contribution in [3.05, 3.63) is 41.2 Å². The van der Waals surface area contributed by atoms with Crippen molar-refractivity contribution in [3.8, 4) is 6.07 Å². The van der Waals surface area contributed by atoms with Gasteiger partial charge in [0.15, 0.2) is 0 Å². The summed E-state index contributed by atoms with van der Waals surface area (Å²) in [5.74, 6) is -0.260. The van der Waals surface area contributed by atoms with E-state index in [2.05, 4.69) is 6.58 Å². The second kappa shape index (κ2) is 4.06. The van der Waals surface area contributed by atoms with Crippen molar-refractivity contribution in [1.29, 1.82) is 5.26 Å². The molecule has 1 aromatic carbocycles. The quantitative estimate of drug-likeness (QED) is 0.655. The van der Waals surface area contributed by atoms with Crippen molar-refractivity contribution in [2.75, 3.05) is 0 Å². The minimum Gasteiger partial charge on any atom is -0.207 e. The van der Waals surface area contributed by atoms with Crippen LogP contribution in [0.15, 0.2) is 18.7 Å². The average molecular weight is 189 g/mol. The van der Waals surface area contributed by atoms with E-state index >= 15 is 0 Å². The lowest BCUT2D eigenvalue weighted by Gasteiger charge is -2.07. The van der Waals surface area contributed by atoms with Gasteiger partial charge in [-0.1, -0.05) is 19.6 Å². The van der Waals surface area contributed by atoms with Gasteiger partial charge in [0.2, 0.25) is 0 Å². The van der Waals surface area contributed by atoms with Gasteiger partial charge in [0.05, 0.1) is 11.6 Å². The fourth-order valence-electron chi connectivity index (χ4n) is 1.40. The minimum atomic E-state index is -0.260. The highest BCUT2D eigenvalue weighted by molar-refractivity contribution is 5.76. The predicted octanol–water partition coefficient (Wildman–Crippen LogP) is 3.23. The average Bonchev–Trinajstić information content (AvgIpc) is 2.19. The highest BCUT2D eigenvalue weighted by Gasteiger charge is 2.07. The molecular weight excluding hydrogens is 177 g/mol. The number of hydrogen-bond acceptors (Lipinski definition) is 1. The van der Waals surface area contributed by atoms with Crippen molar-refractivity contribution in [2.45, 2.75) is 20.3 Å². The molecule has 0 N–H and O–H groups in total. The largest absolute Gasteiger partial charge is 0.207 e. The first-order valence-corrected chi connectivity index (χ1v) is 4.48. The zero-order valence-corrected chi connectivity index (χ0v) is 8.39. The van der Waals surface area contributed by atoms with Gasteiger partial charge >= 0.3 is 0 Å². The molecule has 1 aromatic rings. The van der Waals surface area contributed by atoms with Gasteiger partial charge in [0, 0.05) is 0 Å². The number of allylic oxidation sites excluding steroid dienone is 1. The number of nitrogens with zero attached hydrogens (tertiary/aromatic N) is 1. The summed E-state index contributed by atoms with van der Waals surface area (Å²) in [5, 5.41) is 8.66. The Bertz CT molecular complexity index is 413. The SMILES string of the molecule is C=C(C#N)c1cc(F)c(CC)cc1C. The summed E-state index contributed by atoms with van der Waals surface area (Å²) >= 11 is 0. The molecule has 0 aliphatic rings. The zero-order chi connectivity index (χ0) is 10.7. The number of benzene rings is 1. The molecule has 2 heteroatoms. The maximum Gasteiger partial charge on any atom is 0.127 e. The highest BCUT2D eigenvalue weighted by atomic mass is 19.1. The molecule has 1 nitrogen and oxygen atoms in total. The molecule has 0 bridgehead atoms. The number of hydrogen-bond donors (Lipinski definition) is 0. The molecule has 0 aromatic heterocycles. The van der Waals surface area contributed by atoms with Gasteiger partial charge in [-0.3, -0.25) is 0 Å². The molecule has 0 saturated heterocycles. The van der Waals surface area contributed by atoms with E-state index in [1.54, 1.807) is 6.07 Å². The molecule has 0 heterocycles. The summed E-state index contributed by atoms with van der Waals surface area (Å²) in [6.45, 7) is 7.33. The first-order valence-electron chi connectivity index (χ1n) is 4.48. The molecule has 14 heavy (non-hydrogen) atoms. The normalized spacial score (nSPS) is 9.57. The van der Waals surface area contributed by atoms with E-state index in [-0.39, 0.29) is 5.82 Å². The van der Waals surface area contributed by atoms with Crippen LogP contribution >= 0.6 is 0 Å². The molecule has 0 unspecified atom stereocenters. The van der Waals surface area contributed by atoms with E-state index < -0.39 is 0 Å². The minimum absolute atomic E-state index is 0.260. The van der Waals surface area contributed by atoms with E-state index in [1.807, 2.05) is 19.9 Å². The van der Waals surface area contributed by atoms with Crippen LogP contribution in [0, 0.1) is 24.1 Å². The fourth-order valence-corrected chi connectivity index (χ4v) is 1.40. The Morgan fingerprint density at radius 2 is 2.21 bits per heavy atom. The fraction of sp³-hybridized carbons (Fsp3) is 0.250. The van der Waals surface area contributed by atoms with Crippen molar-refractivity contribution in [1.82, 2.24) is 0 Å². The Labute approximate surface area is 83.5 Å². The van der Waals surface area contributed by atoms with E-state index in [0.29, 0.717) is 23.1 Å². The van der Waals surface area contributed by atoms with Crippen LogP contribution in [-0.4, -0.2) is 0 Å². The third kappa shape index (κ3) is 1.82. The molecular formula is C12H12FN. The Hall–Kier alpha value is -1.62. The summed E-state index contributed by atoms with van der Waals surface area (Å²) in [5.41, 5.74) is 2.48. The molecule has 0 radical (unpaired) electrons. The molecule has 72 valence electrons. The van der Waals surface area contributed by atoms with Crippen LogP contribution in [0.25, 0.3) is 5.57 Å². The van der Waals surface area contributed by atoms with Crippen LogP contribution in [0.4, 0.5) is 4.39 Å². The van der Waals surface area contributed by atoms with E-state index in [9.17, 15) is 4.39 Å². The third-order valence-corrected chi connectivity index (χ3v) is 2.23. The number of halogens is 1. The van der Waals surface area contributed by atoms with E-state index in [1.165, 1.54) is 6.07 Å². The molecule has 0 fully saturated rings. The second-order valence-corrected chi connectivity index (χ2v) is 3.20. The molecule has 0 saturated carbocycles. The number of rotatable bonds is 2. The predicted molar refractivity (Wildman–Crippen MR) is 55.2 cm³/mol. The van der Waals surface area contributed by atoms with Crippen LogP contribution in [0.5, 0.6) is 0 Å². The summed E-state index contributed by atoms with van der Waals surface area (Å²) in [6, 6.07) is 5.09. The lowest BCUT2D eigenvalue weighted by Crippen LogP contribution is -1.94. The smallest absolute Gasteiger partial charge is 0.127 e. The molecule has 0 amide bonds. The van der Waals surface area contributed by atoms with Gasteiger partial charge in [-0.05, 0) is 36.1 Å². The lowest BCUT2D eigenvalue weighted by atomic mass is 9.99.